The van der Waals surface area contributed by atoms with E-state index in [4.69, 9.17) is 0 Å². The molecule has 1 fully saturated rings. The van der Waals surface area contributed by atoms with E-state index >= 15 is 0 Å². The first-order chi connectivity index (χ1) is 14.2. The van der Waals surface area contributed by atoms with E-state index in [-0.39, 0.29) is 24.8 Å². The van der Waals surface area contributed by atoms with Crippen LogP contribution in [-0.2, 0) is 22.2 Å². The molecule has 30 heavy (non-hydrogen) atoms. The maximum atomic E-state index is 13.0. The van der Waals surface area contributed by atoms with Crippen LogP contribution in [-0.4, -0.2) is 66.4 Å². The SMILES string of the molecule is CN1CCN(C(=O)CN2C(=O)Cc3ncc(-c4cccc(C(F)(F)F)c4)cc32)CC1. The molecule has 158 valence electrons. The maximum Gasteiger partial charge on any atom is 0.416 e. The van der Waals surface area contributed by atoms with Gasteiger partial charge in [0.2, 0.25) is 11.8 Å². The smallest absolute Gasteiger partial charge is 0.339 e. The van der Waals surface area contributed by atoms with Gasteiger partial charge in [-0.15, -0.1) is 0 Å². The fourth-order valence-corrected chi connectivity index (χ4v) is 3.72. The number of fused-ring (bicyclic) bond motifs is 1. The Kier molecular flexibility index (Phi) is 5.23. The van der Waals surface area contributed by atoms with Crippen molar-refractivity contribution in [3.63, 3.8) is 0 Å². The van der Waals surface area contributed by atoms with Crippen LogP contribution in [0.1, 0.15) is 11.3 Å². The van der Waals surface area contributed by atoms with Gasteiger partial charge in [-0.1, -0.05) is 12.1 Å². The standard InChI is InChI=1S/C21H21F3N4O2/c1-26-5-7-27(8-6-26)20(30)13-28-18-10-15(12-25-17(18)11-19(28)29)14-3-2-4-16(9-14)21(22,23)24/h2-4,9-10,12H,5-8,11,13H2,1H3. The molecule has 0 bridgehead atoms. The van der Waals surface area contributed by atoms with Crippen LogP contribution in [0.5, 0.6) is 0 Å². The van der Waals surface area contributed by atoms with Crippen molar-refractivity contribution in [3.8, 4) is 11.1 Å². The molecule has 0 unspecified atom stereocenters. The number of carbonyl (C=O) groups is 2. The van der Waals surface area contributed by atoms with Crippen molar-refractivity contribution in [1.82, 2.24) is 14.8 Å². The Morgan fingerprint density at radius 2 is 1.83 bits per heavy atom. The molecule has 1 saturated heterocycles. The summed E-state index contributed by atoms with van der Waals surface area (Å²) in [4.78, 5) is 34.7. The summed E-state index contributed by atoms with van der Waals surface area (Å²) in [5, 5.41) is 0. The van der Waals surface area contributed by atoms with Crippen molar-refractivity contribution in [2.75, 3.05) is 44.7 Å². The predicted molar refractivity (Wildman–Crippen MR) is 105 cm³/mol. The number of hydrogen-bond acceptors (Lipinski definition) is 4. The lowest BCUT2D eigenvalue weighted by Crippen LogP contribution is -2.50. The highest BCUT2D eigenvalue weighted by molar-refractivity contribution is 6.05. The number of nitrogens with zero attached hydrogens (tertiary/aromatic N) is 4. The lowest BCUT2D eigenvalue weighted by atomic mass is 10.0. The largest absolute Gasteiger partial charge is 0.416 e. The molecule has 2 aliphatic rings. The lowest BCUT2D eigenvalue weighted by Gasteiger charge is -2.33. The van der Waals surface area contributed by atoms with Crippen LogP contribution >= 0.6 is 0 Å². The Balaban J connectivity index is 1.58. The molecule has 6 nitrogen and oxygen atoms in total. The van der Waals surface area contributed by atoms with Crippen molar-refractivity contribution in [2.45, 2.75) is 12.6 Å². The van der Waals surface area contributed by atoms with Crippen LogP contribution in [0.2, 0.25) is 0 Å². The number of hydrogen-bond donors (Lipinski definition) is 0. The monoisotopic (exact) mass is 418 g/mol. The minimum Gasteiger partial charge on any atom is -0.339 e. The van der Waals surface area contributed by atoms with Crippen molar-refractivity contribution >= 4 is 17.5 Å². The van der Waals surface area contributed by atoms with Crippen LogP contribution < -0.4 is 4.90 Å². The van der Waals surface area contributed by atoms with E-state index in [1.54, 1.807) is 17.0 Å². The van der Waals surface area contributed by atoms with Gasteiger partial charge in [0.05, 0.1) is 23.4 Å². The molecular formula is C21H21F3N4O2. The number of amides is 2. The number of benzene rings is 1. The first-order valence-electron chi connectivity index (χ1n) is 9.65. The first-order valence-corrected chi connectivity index (χ1v) is 9.65. The van der Waals surface area contributed by atoms with E-state index in [0.717, 1.165) is 25.2 Å². The molecule has 2 aromatic rings. The van der Waals surface area contributed by atoms with E-state index in [0.29, 0.717) is 35.6 Å². The Morgan fingerprint density at radius 3 is 2.53 bits per heavy atom. The topological polar surface area (TPSA) is 56.8 Å². The van der Waals surface area contributed by atoms with Gasteiger partial charge in [-0.25, -0.2) is 0 Å². The first kappa shape index (κ1) is 20.3. The summed E-state index contributed by atoms with van der Waals surface area (Å²) in [5.74, 6) is -0.380. The highest BCUT2D eigenvalue weighted by atomic mass is 19.4. The van der Waals surface area contributed by atoms with Crippen LogP contribution in [0, 0.1) is 0 Å². The highest BCUT2D eigenvalue weighted by Gasteiger charge is 2.33. The summed E-state index contributed by atoms with van der Waals surface area (Å²) in [6.07, 6.45) is -2.90. The Hall–Kier alpha value is -2.94. The van der Waals surface area contributed by atoms with Crippen LogP contribution in [0.4, 0.5) is 18.9 Å². The third-order valence-electron chi connectivity index (χ3n) is 5.53. The fourth-order valence-electron chi connectivity index (χ4n) is 3.72. The molecule has 2 aliphatic heterocycles. The predicted octanol–water partition coefficient (Wildman–Crippen LogP) is 2.43. The van der Waals surface area contributed by atoms with Gasteiger partial charge in [0, 0.05) is 37.9 Å². The zero-order valence-electron chi connectivity index (χ0n) is 16.4. The van der Waals surface area contributed by atoms with E-state index in [1.807, 2.05) is 7.05 Å². The summed E-state index contributed by atoms with van der Waals surface area (Å²) in [7, 11) is 1.99. The van der Waals surface area contributed by atoms with Crippen molar-refractivity contribution in [1.29, 1.82) is 0 Å². The van der Waals surface area contributed by atoms with E-state index < -0.39 is 11.7 Å². The Bertz CT molecular complexity index is 984. The van der Waals surface area contributed by atoms with Gasteiger partial charge >= 0.3 is 6.18 Å². The second-order valence-corrected chi connectivity index (χ2v) is 7.61. The lowest BCUT2D eigenvalue weighted by molar-refractivity contribution is -0.137. The molecule has 2 amide bonds. The fraction of sp³-hybridized carbons (Fsp3) is 0.381. The van der Waals surface area contributed by atoms with Gasteiger partial charge < -0.3 is 14.7 Å². The van der Waals surface area contributed by atoms with Gasteiger partial charge in [0.25, 0.3) is 0 Å². The van der Waals surface area contributed by atoms with Gasteiger partial charge in [0.1, 0.15) is 6.54 Å². The van der Waals surface area contributed by atoms with E-state index in [1.165, 1.54) is 17.2 Å². The van der Waals surface area contributed by atoms with Crippen LogP contribution in [0.15, 0.2) is 36.5 Å². The number of rotatable bonds is 3. The molecule has 0 N–H and O–H groups in total. The molecule has 9 heteroatoms. The molecule has 0 atom stereocenters. The second-order valence-electron chi connectivity index (χ2n) is 7.61. The van der Waals surface area contributed by atoms with Gasteiger partial charge in [-0.2, -0.15) is 13.2 Å². The maximum absolute atomic E-state index is 13.0. The Labute approximate surface area is 171 Å². The molecular weight excluding hydrogens is 397 g/mol. The van der Waals surface area contributed by atoms with Crippen LogP contribution in [0.3, 0.4) is 0 Å². The Morgan fingerprint density at radius 1 is 1.10 bits per heavy atom. The van der Waals surface area contributed by atoms with Gasteiger partial charge in [-0.3, -0.25) is 14.6 Å². The molecule has 1 aromatic carbocycles. The number of piperazine rings is 1. The molecule has 1 aromatic heterocycles. The third-order valence-corrected chi connectivity index (χ3v) is 5.53. The van der Waals surface area contributed by atoms with E-state index in [9.17, 15) is 22.8 Å². The third kappa shape index (κ3) is 4.02. The van der Waals surface area contributed by atoms with Gasteiger partial charge in [0.15, 0.2) is 0 Å². The highest BCUT2D eigenvalue weighted by Crippen LogP contribution is 2.35. The van der Waals surface area contributed by atoms with Crippen molar-refractivity contribution in [3.05, 3.63) is 47.8 Å². The van der Waals surface area contributed by atoms with Crippen molar-refractivity contribution < 1.29 is 22.8 Å². The average Bonchev–Trinajstić information content (AvgIpc) is 3.02. The number of anilines is 1. The molecule has 0 aliphatic carbocycles. The molecule has 0 radical (unpaired) electrons. The molecule has 3 heterocycles. The summed E-state index contributed by atoms with van der Waals surface area (Å²) in [5.41, 5.74) is 1.08. The van der Waals surface area contributed by atoms with Crippen LogP contribution in [0.25, 0.3) is 11.1 Å². The minimum absolute atomic E-state index is 0.0776. The van der Waals surface area contributed by atoms with Gasteiger partial charge in [-0.05, 0) is 30.8 Å². The second kappa shape index (κ2) is 7.71. The summed E-state index contributed by atoms with van der Waals surface area (Å²) in [6, 6.07) is 6.61. The molecule has 0 saturated carbocycles. The summed E-state index contributed by atoms with van der Waals surface area (Å²) >= 11 is 0. The zero-order valence-corrected chi connectivity index (χ0v) is 16.4. The number of carbonyl (C=O) groups excluding carboxylic acids is 2. The molecule has 0 spiro atoms. The quantitative estimate of drug-likeness (QED) is 0.769. The van der Waals surface area contributed by atoms with Crippen molar-refractivity contribution in [2.24, 2.45) is 0 Å². The number of alkyl halides is 3. The minimum atomic E-state index is -4.45. The summed E-state index contributed by atoms with van der Waals surface area (Å²) in [6.45, 7) is 2.66. The summed E-state index contributed by atoms with van der Waals surface area (Å²) < 4.78 is 39.1. The number of pyridine rings is 1. The zero-order chi connectivity index (χ0) is 21.5. The molecule has 4 rings (SSSR count). The normalized spacial score (nSPS) is 17.4. The number of likely N-dealkylation sites (N-methyl/N-ethyl adjacent to an activating group) is 1. The number of aromatic nitrogens is 1. The number of halogens is 3. The van der Waals surface area contributed by atoms with E-state index in [2.05, 4.69) is 9.88 Å². The average molecular weight is 418 g/mol.